The molecule has 0 saturated carbocycles. The number of pyridine rings is 1. The minimum absolute atomic E-state index is 0.242. The van der Waals surface area contributed by atoms with Gasteiger partial charge in [0.25, 0.3) is 0 Å². The number of halogens is 1. The van der Waals surface area contributed by atoms with Crippen LogP contribution in [-0.2, 0) is 6.61 Å². The molecule has 0 unspecified atom stereocenters. The number of aromatic hydroxyl groups is 1. The Morgan fingerprint density at radius 3 is 2.82 bits per heavy atom. The molecule has 0 spiro atoms. The number of phenolic OH excluding ortho intramolecular Hbond substituents is 1. The second-order valence-electron chi connectivity index (χ2n) is 3.66. The smallest absolute Gasteiger partial charge is 0.130 e. The Labute approximate surface area is 108 Å². The quantitative estimate of drug-likeness (QED) is 0.943. The molecule has 0 aliphatic heterocycles. The number of hydrogen-bond donors (Lipinski definition) is 1. The van der Waals surface area contributed by atoms with Crippen LogP contribution in [0.25, 0.3) is 0 Å². The van der Waals surface area contributed by atoms with Crippen molar-refractivity contribution in [2.45, 2.75) is 13.5 Å². The van der Waals surface area contributed by atoms with E-state index in [2.05, 4.69) is 20.9 Å². The maximum Gasteiger partial charge on any atom is 0.130 e. The molecule has 1 aromatic carbocycles. The van der Waals surface area contributed by atoms with Gasteiger partial charge >= 0.3 is 0 Å². The summed E-state index contributed by atoms with van der Waals surface area (Å²) in [5.74, 6) is 0.918. The van der Waals surface area contributed by atoms with Crippen molar-refractivity contribution in [1.82, 2.24) is 4.98 Å². The maximum absolute atomic E-state index is 9.53. The zero-order valence-corrected chi connectivity index (χ0v) is 10.9. The molecule has 0 fully saturated rings. The molecule has 2 rings (SSSR count). The van der Waals surface area contributed by atoms with Crippen LogP contribution in [0.3, 0.4) is 0 Å². The Bertz CT molecular complexity index is 511. The molecule has 0 aliphatic carbocycles. The summed E-state index contributed by atoms with van der Waals surface area (Å²) in [4.78, 5) is 4.21. The summed E-state index contributed by atoms with van der Waals surface area (Å²) < 4.78 is 6.55. The van der Waals surface area contributed by atoms with Gasteiger partial charge in [0.15, 0.2) is 0 Å². The van der Waals surface area contributed by atoms with Crippen LogP contribution in [0.4, 0.5) is 0 Å². The number of hydrogen-bond acceptors (Lipinski definition) is 3. The van der Waals surface area contributed by atoms with Crippen LogP contribution >= 0.6 is 15.9 Å². The lowest BCUT2D eigenvalue weighted by Crippen LogP contribution is -1.99. The van der Waals surface area contributed by atoms with Crippen molar-refractivity contribution in [3.05, 3.63) is 52.3 Å². The highest BCUT2D eigenvalue weighted by atomic mass is 79.9. The monoisotopic (exact) mass is 293 g/mol. The highest BCUT2D eigenvalue weighted by Gasteiger charge is 2.04. The molecule has 3 nitrogen and oxygen atoms in total. The third-order valence-corrected chi connectivity index (χ3v) is 2.89. The SMILES string of the molecule is Cc1c(O)cccc1OCc1ccc(Br)cn1. The second-order valence-corrected chi connectivity index (χ2v) is 4.57. The number of aromatic nitrogens is 1. The minimum Gasteiger partial charge on any atom is -0.508 e. The lowest BCUT2D eigenvalue weighted by atomic mass is 10.2. The predicted octanol–water partition coefficient (Wildman–Crippen LogP) is 3.44. The summed E-state index contributed by atoms with van der Waals surface area (Å²) in [7, 11) is 0. The van der Waals surface area contributed by atoms with Gasteiger partial charge in [-0.1, -0.05) is 6.07 Å². The summed E-state index contributed by atoms with van der Waals surface area (Å²) in [5.41, 5.74) is 1.58. The molecular weight excluding hydrogens is 282 g/mol. The largest absolute Gasteiger partial charge is 0.508 e. The average Bonchev–Trinajstić information content (AvgIpc) is 2.33. The van der Waals surface area contributed by atoms with Gasteiger partial charge in [-0.25, -0.2) is 0 Å². The highest BCUT2D eigenvalue weighted by Crippen LogP contribution is 2.26. The van der Waals surface area contributed by atoms with E-state index in [1.807, 2.05) is 25.1 Å². The van der Waals surface area contributed by atoms with Crippen molar-refractivity contribution in [3.8, 4) is 11.5 Å². The fourth-order valence-electron chi connectivity index (χ4n) is 1.40. The van der Waals surface area contributed by atoms with Crippen LogP contribution in [0.15, 0.2) is 41.0 Å². The van der Waals surface area contributed by atoms with E-state index in [1.54, 1.807) is 18.3 Å². The van der Waals surface area contributed by atoms with Crippen molar-refractivity contribution in [3.63, 3.8) is 0 Å². The first kappa shape index (κ1) is 11.9. The Kier molecular flexibility index (Phi) is 3.64. The van der Waals surface area contributed by atoms with Crippen molar-refractivity contribution >= 4 is 15.9 Å². The van der Waals surface area contributed by atoms with E-state index in [4.69, 9.17) is 4.74 Å². The first-order chi connectivity index (χ1) is 8.16. The fourth-order valence-corrected chi connectivity index (χ4v) is 1.64. The van der Waals surface area contributed by atoms with Crippen LogP contribution in [-0.4, -0.2) is 10.1 Å². The number of ether oxygens (including phenoxy) is 1. The third kappa shape index (κ3) is 2.97. The van der Waals surface area contributed by atoms with Crippen LogP contribution in [0.1, 0.15) is 11.3 Å². The van der Waals surface area contributed by atoms with Gasteiger partial charge in [-0.3, -0.25) is 4.98 Å². The van der Waals surface area contributed by atoms with E-state index >= 15 is 0 Å². The van der Waals surface area contributed by atoms with Gasteiger partial charge in [-0.2, -0.15) is 0 Å². The first-order valence-corrected chi connectivity index (χ1v) is 5.98. The van der Waals surface area contributed by atoms with E-state index < -0.39 is 0 Å². The number of phenols is 1. The maximum atomic E-state index is 9.53. The molecule has 0 radical (unpaired) electrons. The van der Waals surface area contributed by atoms with E-state index in [0.717, 1.165) is 15.7 Å². The second kappa shape index (κ2) is 5.19. The summed E-state index contributed by atoms with van der Waals surface area (Å²) in [5, 5.41) is 9.53. The Morgan fingerprint density at radius 1 is 1.29 bits per heavy atom. The zero-order valence-electron chi connectivity index (χ0n) is 9.35. The molecule has 1 N–H and O–H groups in total. The fraction of sp³-hybridized carbons (Fsp3) is 0.154. The molecule has 88 valence electrons. The van der Waals surface area contributed by atoms with E-state index in [9.17, 15) is 5.11 Å². The molecule has 0 bridgehead atoms. The average molecular weight is 294 g/mol. The molecule has 1 aromatic heterocycles. The predicted molar refractivity (Wildman–Crippen MR) is 69.1 cm³/mol. The van der Waals surface area contributed by atoms with Crippen LogP contribution in [0.5, 0.6) is 11.5 Å². The molecular formula is C13H12BrNO2. The van der Waals surface area contributed by atoms with Crippen molar-refractivity contribution in [2.75, 3.05) is 0 Å². The molecule has 0 amide bonds. The summed E-state index contributed by atoms with van der Waals surface area (Å²) in [6, 6.07) is 9.03. The zero-order chi connectivity index (χ0) is 12.3. The number of rotatable bonds is 3. The lowest BCUT2D eigenvalue weighted by molar-refractivity contribution is 0.297. The van der Waals surface area contributed by atoms with Gasteiger partial charge in [0.1, 0.15) is 18.1 Å². The Morgan fingerprint density at radius 2 is 2.12 bits per heavy atom. The van der Waals surface area contributed by atoms with Gasteiger partial charge in [0.2, 0.25) is 0 Å². The van der Waals surface area contributed by atoms with Gasteiger partial charge in [0, 0.05) is 16.2 Å². The topological polar surface area (TPSA) is 42.4 Å². The molecule has 1 heterocycles. The van der Waals surface area contributed by atoms with Gasteiger partial charge < -0.3 is 9.84 Å². The van der Waals surface area contributed by atoms with Crippen molar-refractivity contribution in [2.24, 2.45) is 0 Å². The lowest BCUT2D eigenvalue weighted by Gasteiger charge is -2.09. The molecule has 0 atom stereocenters. The molecule has 2 aromatic rings. The van der Waals surface area contributed by atoms with Gasteiger partial charge in [-0.15, -0.1) is 0 Å². The molecule has 4 heteroatoms. The van der Waals surface area contributed by atoms with Gasteiger partial charge in [0.05, 0.1) is 5.69 Å². The Balaban J connectivity index is 2.07. The minimum atomic E-state index is 0.242. The summed E-state index contributed by atoms with van der Waals surface area (Å²) in [6.45, 7) is 2.21. The first-order valence-electron chi connectivity index (χ1n) is 5.18. The number of benzene rings is 1. The van der Waals surface area contributed by atoms with Crippen LogP contribution in [0, 0.1) is 6.92 Å². The van der Waals surface area contributed by atoms with E-state index in [0.29, 0.717) is 12.4 Å². The summed E-state index contributed by atoms with van der Waals surface area (Å²) in [6.07, 6.45) is 1.73. The molecule has 17 heavy (non-hydrogen) atoms. The van der Waals surface area contributed by atoms with Crippen molar-refractivity contribution in [1.29, 1.82) is 0 Å². The normalized spacial score (nSPS) is 10.2. The standard InChI is InChI=1S/C13H12BrNO2/c1-9-12(16)3-2-4-13(9)17-8-11-6-5-10(14)7-15-11/h2-7,16H,8H2,1H3. The van der Waals surface area contributed by atoms with Crippen LogP contribution < -0.4 is 4.74 Å². The summed E-state index contributed by atoms with van der Waals surface area (Å²) >= 11 is 3.33. The van der Waals surface area contributed by atoms with E-state index in [-0.39, 0.29) is 5.75 Å². The van der Waals surface area contributed by atoms with E-state index in [1.165, 1.54) is 0 Å². The van der Waals surface area contributed by atoms with Crippen LogP contribution in [0.2, 0.25) is 0 Å². The molecule has 0 saturated heterocycles. The third-order valence-electron chi connectivity index (χ3n) is 2.42. The highest BCUT2D eigenvalue weighted by molar-refractivity contribution is 9.10. The Hall–Kier alpha value is -1.55. The number of nitrogens with zero attached hydrogens (tertiary/aromatic N) is 1. The molecule has 0 aliphatic rings. The van der Waals surface area contributed by atoms with Gasteiger partial charge in [-0.05, 0) is 47.1 Å². The van der Waals surface area contributed by atoms with Crippen molar-refractivity contribution < 1.29 is 9.84 Å².